The van der Waals surface area contributed by atoms with Crippen LogP contribution >= 0.6 is 22.7 Å². The Labute approximate surface area is 119 Å². The van der Waals surface area contributed by atoms with Crippen LogP contribution in [0.4, 0.5) is 0 Å². The minimum Gasteiger partial charge on any atom is -0.261 e. The van der Waals surface area contributed by atoms with E-state index in [9.17, 15) is 0 Å². The second-order valence-electron chi connectivity index (χ2n) is 3.96. The molecule has 0 aliphatic rings. The predicted molar refractivity (Wildman–Crippen MR) is 81.0 cm³/mol. The first-order valence-corrected chi connectivity index (χ1v) is 7.47. The molecule has 3 aromatic heterocycles. The van der Waals surface area contributed by atoms with Gasteiger partial charge in [0, 0.05) is 23.5 Å². The minimum atomic E-state index is 0.897. The Kier molecular flexibility index (Phi) is 3.48. The predicted octanol–water partition coefficient (Wildman–Crippen LogP) is 4.22. The van der Waals surface area contributed by atoms with Crippen LogP contribution in [0, 0.1) is 0 Å². The molecule has 0 fully saturated rings. The summed E-state index contributed by atoms with van der Waals surface area (Å²) >= 11 is 3.40. The van der Waals surface area contributed by atoms with Gasteiger partial charge in [0.15, 0.2) is 0 Å². The van der Waals surface area contributed by atoms with Gasteiger partial charge < -0.3 is 0 Å². The van der Waals surface area contributed by atoms with E-state index in [4.69, 9.17) is 0 Å². The van der Waals surface area contributed by atoms with E-state index >= 15 is 0 Å². The highest BCUT2D eigenvalue weighted by Crippen LogP contribution is 2.30. The topological polar surface area (TPSA) is 38.7 Å². The smallest absolute Gasteiger partial charge is 0.133 e. The number of hydrogen-bond donors (Lipinski definition) is 0. The molecule has 94 valence electrons. The lowest BCUT2D eigenvalue weighted by Crippen LogP contribution is -1.85. The van der Waals surface area contributed by atoms with Crippen molar-refractivity contribution >= 4 is 34.3 Å². The van der Waals surface area contributed by atoms with Crippen molar-refractivity contribution in [2.75, 3.05) is 0 Å². The maximum absolute atomic E-state index is 4.45. The quantitative estimate of drug-likeness (QED) is 0.723. The maximum Gasteiger partial charge on any atom is 0.133 e. The SMILES string of the molecule is C/C(=C\c1cnc(-c2cccs2)s1)c1cnccn1. The summed E-state index contributed by atoms with van der Waals surface area (Å²) in [5, 5.41) is 3.13. The van der Waals surface area contributed by atoms with E-state index in [0.29, 0.717) is 0 Å². The lowest BCUT2D eigenvalue weighted by molar-refractivity contribution is 1.17. The highest BCUT2D eigenvalue weighted by Gasteiger charge is 2.05. The van der Waals surface area contributed by atoms with Crippen molar-refractivity contribution in [3.63, 3.8) is 0 Å². The maximum atomic E-state index is 4.45. The molecule has 3 heterocycles. The lowest BCUT2D eigenvalue weighted by atomic mass is 10.2. The van der Waals surface area contributed by atoms with Gasteiger partial charge >= 0.3 is 0 Å². The van der Waals surface area contributed by atoms with Gasteiger partial charge in [-0.2, -0.15) is 0 Å². The zero-order chi connectivity index (χ0) is 13.1. The zero-order valence-electron chi connectivity index (χ0n) is 10.3. The third-order valence-corrected chi connectivity index (χ3v) is 4.56. The first kappa shape index (κ1) is 12.2. The van der Waals surface area contributed by atoms with Crippen LogP contribution in [0.1, 0.15) is 17.5 Å². The molecule has 3 nitrogen and oxygen atoms in total. The third kappa shape index (κ3) is 2.77. The Morgan fingerprint density at radius 1 is 1.21 bits per heavy atom. The van der Waals surface area contributed by atoms with Gasteiger partial charge in [0.1, 0.15) is 5.01 Å². The standard InChI is InChI=1S/C14H11N3S2/c1-10(12-9-15-4-5-16-12)7-11-8-17-14(19-11)13-3-2-6-18-13/h2-9H,1H3/b10-7+. The van der Waals surface area contributed by atoms with E-state index < -0.39 is 0 Å². The minimum absolute atomic E-state index is 0.897. The average molecular weight is 285 g/mol. The number of hydrogen-bond acceptors (Lipinski definition) is 5. The number of allylic oxidation sites excluding steroid dienone is 1. The van der Waals surface area contributed by atoms with E-state index in [0.717, 1.165) is 21.2 Å². The number of aromatic nitrogens is 3. The summed E-state index contributed by atoms with van der Waals surface area (Å²) in [6.07, 6.45) is 9.15. The molecule has 19 heavy (non-hydrogen) atoms. The van der Waals surface area contributed by atoms with E-state index in [1.54, 1.807) is 41.3 Å². The molecule has 0 saturated heterocycles. The van der Waals surface area contributed by atoms with Crippen LogP contribution in [0.15, 0.2) is 42.3 Å². The van der Waals surface area contributed by atoms with Crippen molar-refractivity contribution < 1.29 is 0 Å². The molecule has 3 rings (SSSR count). The van der Waals surface area contributed by atoms with Crippen LogP contribution in [0.25, 0.3) is 21.5 Å². The fourth-order valence-corrected chi connectivity index (χ4v) is 3.38. The number of nitrogens with zero attached hydrogens (tertiary/aromatic N) is 3. The summed E-state index contributed by atoms with van der Waals surface area (Å²) in [5.74, 6) is 0. The summed E-state index contributed by atoms with van der Waals surface area (Å²) in [5.41, 5.74) is 1.99. The van der Waals surface area contributed by atoms with Crippen LogP contribution in [-0.2, 0) is 0 Å². The van der Waals surface area contributed by atoms with Crippen molar-refractivity contribution in [3.8, 4) is 9.88 Å². The molecule has 0 aliphatic heterocycles. The van der Waals surface area contributed by atoms with Crippen molar-refractivity contribution in [1.82, 2.24) is 15.0 Å². The van der Waals surface area contributed by atoms with Gasteiger partial charge in [-0.3, -0.25) is 9.97 Å². The van der Waals surface area contributed by atoms with Crippen LogP contribution in [0.5, 0.6) is 0 Å². The normalized spacial score (nSPS) is 11.7. The third-order valence-electron chi connectivity index (χ3n) is 2.58. The zero-order valence-corrected chi connectivity index (χ0v) is 11.9. The Balaban J connectivity index is 1.88. The van der Waals surface area contributed by atoms with Gasteiger partial charge in [0.25, 0.3) is 0 Å². The Morgan fingerprint density at radius 3 is 2.89 bits per heavy atom. The molecule has 0 aliphatic carbocycles. The molecular weight excluding hydrogens is 274 g/mol. The van der Waals surface area contributed by atoms with Crippen molar-refractivity contribution in [2.24, 2.45) is 0 Å². The van der Waals surface area contributed by atoms with Crippen LogP contribution in [0.3, 0.4) is 0 Å². The number of thiazole rings is 1. The second-order valence-corrected chi connectivity index (χ2v) is 5.97. The summed E-state index contributed by atoms with van der Waals surface area (Å²) in [7, 11) is 0. The van der Waals surface area contributed by atoms with Crippen molar-refractivity contribution in [2.45, 2.75) is 6.92 Å². The monoisotopic (exact) mass is 285 g/mol. The summed E-state index contributed by atoms with van der Waals surface area (Å²) in [6.45, 7) is 2.04. The van der Waals surface area contributed by atoms with E-state index in [-0.39, 0.29) is 0 Å². The molecule has 3 aromatic rings. The fraction of sp³-hybridized carbons (Fsp3) is 0.0714. The second kappa shape index (κ2) is 5.42. The molecule has 0 bridgehead atoms. The molecule has 0 N–H and O–H groups in total. The molecule has 0 saturated carbocycles. The highest BCUT2D eigenvalue weighted by molar-refractivity contribution is 7.21. The molecule has 0 spiro atoms. The average Bonchev–Trinajstić information content (AvgIpc) is 3.10. The van der Waals surface area contributed by atoms with Gasteiger partial charge in [-0.25, -0.2) is 4.98 Å². The molecule has 5 heteroatoms. The van der Waals surface area contributed by atoms with Crippen LogP contribution < -0.4 is 0 Å². The van der Waals surface area contributed by atoms with Crippen LogP contribution in [-0.4, -0.2) is 15.0 Å². The molecule has 0 amide bonds. The molecule has 0 aromatic carbocycles. The molecule has 0 radical (unpaired) electrons. The molecule has 0 atom stereocenters. The first-order valence-electron chi connectivity index (χ1n) is 5.77. The van der Waals surface area contributed by atoms with Gasteiger partial charge in [-0.15, -0.1) is 22.7 Å². The first-order chi connectivity index (χ1) is 9.33. The summed E-state index contributed by atoms with van der Waals surface area (Å²) < 4.78 is 0. The lowest BCUT2D eigenvalue weighted by Gasteiger charge is -1.97. The largest absolute Gasteiger partial charge is 0.261 e. The van der Waals surface area contributed by atoms with E-state index in [2.05, 4.69) is 32.5 Å². The molecule has 0 unspecified atom stereocenters. The van der Waals surface area contributed by atoms with Gasteiger partial charge in [0.05, 0.1) is 16.8 Å². The Bertz CT molecular complexity index is 685. The highest BCUT2D eigenvalue weighted by atomic mass is 32.1. The fourth-order valence-electron chi connectivity index (χ4n) is 1.66. The van der Waals surface area contributed by atoms with Gasteiger partial charge in [0.2, 0.25) is 0 Å². The van der Waals surface area contributed by atoms with Crippen molar-refractivity contribution in [1.29, 1.82) is 0 Å². The summed E-state index contributed by atoms with van der Waals surface area (Å²) in [6, 6.07) is 4.13. The number of rotatable bonds is 3. The summed E-state index contributed by atoms with van der Waals surface area (Å²) in [4.78, 5) is 15.2. The van der Waals surface area contributed by atoms with Crippen LogP contribution in [0.2, 0.25) is 0 Å². The number of thiophene rings is 1. The van der Waals surface area contributed by atoms with Gasteiger partial charge in [-0.1, -0.05) is 6.07 Å². The Hall–Kier alpha value is -1.85. The Morgan fingerprint density at radius 2 is 2.16 bits per heavy atom. The molecular formula is C14H11N3S2. The van der Waals surface area contributed by atoms with E-state index in [1.807, 2.05) is 19.2 Å². The van der Waals surface area contributed by atoms with Crippen molar-refractivity contribution in [3.05, 3.63) is 52.9 Å². The van der Waals surface area contributed by atoms with E-state index in [1.165, 1.54) is 4.88 Å². The van der Waals surface area contributed by atoms with Gasteiger partial charge in [-0.05, 0) is 30.0 Å².